The van der Waals surface area contributed by atoms with E-state index in [2.05, 4.69) is 15.6 Å². The minimum Gasteiger partial charge on any atom is -0.267 e. The molecule has 0 unspecified atom stereocenters. The van der Waals surface area contributed by atoms with Crippen molar-refractivity contribution in [3.63, 3.8) is 0 Å². The minimum absolute atomic E-state index is 0.192. The third kappa shape index (κ3) is 3.27. The Morgan fingerprint density at radius 2 is 1.65 bits per heavy atom. The molecule has 0 saturated carbocycles. The van der Waals surface area contributed by atoms with Crippen LogP contribution in [-0.4, -0.2) is 27.0 Å². The molecule has 3 aromatic rings. The van der Waals surface area contributed by atoms with E-state index in [0.717, 1.165) is 11.1 Å². The van der Waals surface area contributed by atoms with E-state index in [4.69, 9.17) is 0 Å². The van der Waals surface area contributed by atoms with Crippen molar-refractivity contribution in [2.75, 3.05) is 11.7 Å². The van der Waals surface area contributed by atoms with Crippen LogP contribution in [-0.2, 0) is 0 Å². The molecule has 5 nitrogen and oxygen atoms in total. The van der Waals surface area contributed by atoms with Crippen molar-refractivity contribution in [1.29, 1.82) is 0 Å². The van der Waals surface area contributed by atoms with E-state index in [0.29, 0.717) is 16.5 Å². The third-order valence-corrected chi connectivity index (χ3v) is 4.07. The molecule has 1 N–H and O–H groups in total. The Morgan fingerprint density at radius 1 is 1.00 bits per heavy atom. The Bertz CT molecular complexity index is 812. The van der Waals surface area contributed by atoms with Gasteiger partial charge in [-0.3, -0.25) is 10.2 Å². The van der Waals surface area contributed by atoms with Gasteiger partial charge in [-0.05, 0) is 36.4 Å². The highest BCUT2D eigenvalue weighted by Gasteiger charge is 2.12. The Morgan fingerprint density at radius 3 is 2.30 bits per heavy atom. The summed E-state index contributed by atoms with van der Waals surface area (Å²) in [6.45, 7) is 1.80. The second-order valence-corrected chi connectivity index (χ2v) is 5.73. The first kappa shape index (κ1) is 15.3. The van der Waals surface area contributed by atoms with Gasteiger partial charge in [-0.25, -0.2) is 4.68 Å². The molecule has 0 bridgehead atoms. The summed E-state index contributed by atoms with van der Waals surface area (Å²) >= 11 is 1.43. The number of nitrogens with zero attached hydrogens (tertiary/aromatic N) is 3. The van der Waals surface area contributed by atoms with Gasteiger partial charge in [0.05, 0.1) is 0 Å². The predicted octanol–water partition coefficient (Wildman–Crippen LogP) is 3.36. The quantitative estimate of drug-likeness (QED) is 0.748. The van der Waals surface area contributed by atoms with Crippen LogP contribution >= 0.6 is 11.8 Å². The Hall–Kier alpha value is -2.60. The van der Waals surface area contributed by atoms with Gasteiger partial charge in [-0.1, -0.05) is 54.2 Å². The predicted molar refractivity (Wildman–Crippen MR) is 92.1 cm³/mol. The van der Waals surface area contributed by atoms with Crippen LogP contribution in [0, 0.1) is 6.92 Å². The lowest BCUT2D eigenvalue weighted by molar-refractivity contribution is 0.101. The first-order chi connectivity index (χ1) is 11.2. The summed E-state index contributed by atoms with van der Waals surface area (Å²) in [5.41, 5.74) is 5.61. The lowest BCUT2D eigenvalue weighted by Gasteiger charge is -2.09. The van der Waals surface area contributed by atoms with Gasteiger partial charge in [0.25, 0.3) is 5.91 Å². The van der Waals surface area contributed by atoms with Gasteiger partial charge >= 0.3 is 0 Å². The van der Waals surface area contributed by atoms with Crippen LogP contribution in [0.25, 0.3) is 11.1 Å². The number of rotatable bonds is 4. The van der Waals surface area contributed by atoms with Gasteiger partial charge in [0.1, 0.15) is 5.82 Å². The molecule has 0 spiro atoms. The zero-order valence-electron chi connectivity index (χ0n) is 12.9. The van der Waals surface area contributed by atoms with Crippen LogP contribution in [0.2, 0.25) is 0 Å². The van der Waals surface area contributed by atoms with Gasteiger partial charge in [-0.2, -0.15) is 0 Å². The summed E-state index contributed by atoms with van der Waals surface area (Å²) in [7, 11) is 0. The molecule has 0 aliphatic heterocycles. The van der Waals surface area contributed by atoms with Crippen molar-refractivity contribution < 1.29 is 4.79 Å². The smallest absolute Gasteiger partial charge is 0.267 e. The van der Waals surface area contributed by atoms with Gasteiger partial charge < -0.3 is 0 Å². The molecule has 116 valence electrons. The minimum atomic E-state index is -0.192. The van der Waals surface area contributed by atoms with E-state index in [9.17, 15) is 4.79 Å². The number of aromatic nitrogens is 3. The molecule has 0 aliphatic carbocycles. The number of hydrogen-bond acceptors (Lipinski definition) is 4. The molecule has 1 heterocycles. The maximum absolute atomic E-state index is 12.4. The molecule has 0 atom stereocenters. The highest BCUT2D eigenvalue weighted by atomic mass is 32.2. The largest absolute Gasteiger partial charge is 0.270 e. The van der Waals surface area contributed by atoms with E-state index in [-0.39, 0.29) is 5.91 Å². The van der Waals surface area contributed by atoms with E-state index >= 15 is 0 Å². The molecule has 0 fully saturated rings. The molecule has 23 heavy (non-hydrogen) atoms. The number of hydrogen-bond donors (Lipinski definition) is 1. The molecular weight excluding hydrogens is 308 g/mol. The molecule has 2 aromatic carbocycles. The molecular formula is C17H16N4OS. The van der Waals surface area contributed by atoms with Crippen LogP contribution in [0.5, 0.6) is 0 Å². The Kier molecular flexibility index (Phi) is 4.43. The Balaban J connectivity index is 1.79. The molecule has 0 saturated heterocycles. The zero-order valence-corrected chi connectivity index (χ0v) is 13.7. The average molecular weight is 324 g/mol. The van der Waals surface area contributed by atoms with Crippen LogP contribution in [0.3, 0.4) is 0 Å². The van der Waals surface area contributed by atoms with Gasteiger partial charge in [0.2, 0.25) is 5.16 Å². The molecule has 1 aromatic heterocycles. The molecule has 3 rings (SSSR count). The summed E-state index contributed by atoms with van der Waals surface area (Å²) in [6.07, 6.45) is 1.89. The summed E-state index contributed by atoms with van der Waals surface area (Å²) in [4.78, 5) is 12.4. The van der Waals surface area contributed by atoms with Gasteiger partial charge in [-0.15, -0.1) is 10.2 Å². The SMILES string of the molecule is CSc1nnc(C)n1NC(=O)c1ccc(-c2ccccc2)cc1. The van der Waals surface area contributed by atoms with Crippen LogP contribution in [0.15, 0.2) is 59.8 Å². The average Bonchev–Trinajstić information content (AvgIpc) is 2.96. The number of aryl methyl sites for hydroxylation is 1. The van der Waals surface area contributed by atoms with E-state index in [1.807, 2.05) is 60.9 Å². The lowest BCUT2D eigenvalue weighted by atomic mass is 10.0. The second kappa shape index (κ2) is 6.66. The van der Waals surface area contributed by atoms with E-state index in [1.54, 1.807) is 11.6 Å². The summed E-state index contributed by atoms with van der Waals surface area (Å²) in [5.74, 6) is 0.450. The monoisotopic (exact) mass is 324 g/mol. The highest BCUT2D eigenvalue weighted by Crippen LogP contribution is 2.19. The number of thioether (sulfide) groups is 1. The highest BCUT2D eigenvalue weighted by molar-refractivity contribution is 7.98. The fourth-order valence-corrected chi connectivity index (χ4v) is 2.70. The maximum Gasteiger partial charge on any atom is 0.270 e. The number of benzene rings is 2. The van der Waals surface area contributed by atoms with E-state index < -0.39 is 0 Å². The first-order valence-corrected chi connectivity index (χ1v) is 8.34. The first-order valence-electron chi connectivity index (χ1n) is 7.12. The fourth-order valence-electron chi connectivity index (χ4n) is 2.21. The topological polar surface area (TPSA) is 59.8 Å². The molecule has 6 heteroatoms. The van der Waals surface area contributed by atoms with Crippen molar-refractivity contribution in [3.05, 3.63) is 66.0 Å². The normalized spacial score (nSPS) is 10.5. The number of amides is 1. The van der Waals surface area contributed by atoms with Crippen molar-refractivity contribution in [1.82, 2.24) is 14.9 Å². The number of carbonyl (C=O) groups excluding carboxylic acids is 1. The van der Waals surface area contributed by atoms with Crippen LogP contribution in [0.1, 0.15) is 16.2 Å². The van der Waals surface area contributed by atoms with Crippen molar-refractivity contribution in [2.45, 2.75) is 12.1 Å². The summed E-state index contributed by atoms with van der Waals surface area (Å²) in [5, 5.41) is 8.61. The van der Waals surface area contributed by atoms with Crippen molar-refractivity contribution in [3.8, 4) is 11.1 Å². The third-order valence-electron chi connectivity index (χ3n) is 3.45. The fraction of sp³-hybridized carbons (Fsp3) is 0.118. The van der Waals surface area contributed by atoms with Crippen LogP contribution < -0.4 is 5.43 Å². The summed E-state index contributed by atoms with van der Waals surface area (Å²) in [6, 6.07) is 17.6. The standard InChI is InChI=1S/C17H16N4OS/c1-12-18-19-17(23-2)21(12)20-16(22)15-10-8-14(9-11-15)13-6-4-3-5-7-13/h3-11H,1-2H3,(H,20,22). The summed E-state index contributed by atoms with van der Waals surface area (Å²) < 4.78 is 1.60. The molecule has 1 amide bonds. The number of carbonyl (C=O) groups is 1. The van der Waals surface area contributed by atoms with E-state index in [1.165, 1.54) is 11.8 Å². The molecule has 0 radical (unpaired) electrons. The maximum atomic E-state index is 12.4. The lowest BCUT2D eigenvalue weighted by Crippen LogP contribution is -2.24. The second-order valence-electron chi connectivity index (χ2n) is 4.95. The van der Waals surface area contributed by atoms with Gasteiger partial charge in [0.15, 0.2) is 0 Å². The van der Waals surface area contributed by atoms with Gasteiger partial charge in [0, 0.05) is 5.56 Å². The zero-order chi connectivity index (χ0) is 16.2. The Labute approximate surface area is 138 Å². The number of nitrogens with one attached hydrogen (secondary N) is 1. The van der Waals surface area contributed by atoms with Crippen molar-refractivity contribution in [2.24, 2.45) is 0 Å². The van der Waals surface area contributed by atoms with Crippen LogP contribution in [0.4, 0.5) is 0 Å². The molecule has 0 aliphatic rings. The van der Waals surface area contributed by atoms with Crippen molar-refractivity contribution >= 4 is 17.7 Å².